The SMILES string of the molecule is CC(C)c1ccc(C(=O)NCCOCc2ccccc2)c(=O)n1C. The minimum absolute atomic E-state index is 0.157. The monoisotopic (exact) mass is 328 g/mol. The van der Waals surface area contributed by atoms with Gasteiger partial charge >= 0.3 is 0 Å². The maximum atomic E-state index is 12.3. The van der Waals surface area contributed by atoms with E-state index in [1.54, 1.807) is 13.1 Å². The minimum atomic E-state index is -0.366. The number of ether oxygens (including phenoxy) is 1. The third kappa shape index (κ3) is 4.55. The van der Waals surface area contributed by atoms with Gasteiger partial charge in [0.1, 0.15) is 5.56 Å². The van der Waals surface area contributed by atoms with Crippen molar-refractivity contribution in [1.82, 2.24) is 9.88 Å². The summed E-state index contributed by atoms with van der Waals surface area (Å²) in [6.45, 7) is 5.28. The van der Waals surface area contributed by atoms with Gasteiger partial charge in [-0.2, -0.15) is 0 Å². The standard InChI is InChI=1S/C19H24N2O3/c1-14(2)17-10-9-16(19(23)21(17)3)18(22)20-11-12-24-13-15-7-5-4-6-8-15/h4-10,14H,11-13H2,1-3H3,(H,20,22). The van der Waals surface area contributed by atoms with Gasteiger partial charge in [0, 0.05) is 19.3 Å². The second kappa shape index (κ2) is 8.45. The summed E-state index contributed by atoms with van der Waals surface area (Å²) in [6, 6.07) is 13.3. The summed E-state index contributed by atoms with van der Waals surface area (Å²) in [5.74, 6) is -0.139. The Kier molecular flexibility index (Phi) is 6.32. The van der Waals surface area contributed by atoms with Crippen LogP contribution in [0.3, 0.4) is 0 Å². The van der Waals surface area contributed by atoms with Crippen LogP contribution in [0.1, 0.15) is 41.4 Å². The smallest absolute Gasteiger partial charge is 0.263 e. The fourth-order valence-electron chi connectivity index (χ4n) is 2.50. The molecule has 0 radical (unpaired) electrons. The number of hydrogen-bond acceptors (Lipinski definition) is 3. The zero-order valence-electron chi connectivity index (χ0n) is 14.4. The van der Waals surface area contributed by atoms with Crippen molar-refractivity contribution in [2.24, 2.45) is 7.05 Å². The quantitative estimate of drug-likeness (QED) is 0.794. The molecular formula is C19H24N2O3. The molecule has 1 aromatic heterocycles. The molecule has 0 atom stereocenters. The van der Waals surface area contributed by atoms with E-state index in [4.69, 9.17) is 4.74 Å². The number of nitrogens with zero attached hydrogens (tertiary/aromatic N) is 1. The van der Waals surface area contributed by atoms with Crippen molar-refractivity contribution in [2.75, 3.05) is 13.2 Å². The molecule has 1 amide bonds. The zero-order chi connectivity index (χ0) is 17.5. The Morgan fingerprint density at radius 2 is 1.88 bits per heavy atom. The number of pyridine rings is 1. The molecule has 1 aromatic carbocycles. The molecule has 0 saturated heterocycles. The number of carbonyl (C=O) groups is 1. The van der Waals surface area contributed by atoms with Gasteiger partial charge in [0.2, 0.25) is 0 Å². The van der Waals surface area contributed by atoms with Gasteiger partial charge in [-0.3, -0.25) is 9.59 Å². The predicted molar refractivity (Wildman–Crippen MR) is 94.2 cm³/mol. The van der Waals surface area contributed by atoms with Crippen molar-refractivity contribution in [2.45, 2.75) is 26.4 Å². The van der Waals surface area contributed by atoms with E-state index in [1.165, 1.54) is 4.57 Å². The molecule has 0 aliphatic rings. The van der Waals surface area contributed by atoms with Crippen LogP contribution in [0.5, 0.6) is 0 Å². The van der Waals surface area contributed by atoms with E-state index in [0.717, 1.165) is 11.3 Å². The van der Waals surface area contributed by atoms with Crippen molar-refractivity contribution >= 4 is 5.91 Å². The maximum Gasteiger partial charge on any atom is 0.263 e. The number of hydrogen-bond donors (Lipinski definition) is 1. The molecule has 1 heterocycles. The van der Waals surface area contributed by atoms with Crippen LogP contribution in [0.2, 0.25) is 0 Å². The first-order chi connectivity index (χ1) is 11.5. The van der Waals surface area contributed by atoms with Crippen LogP contribution >= 0.6 is 0 Å². The van der Waals surface area contributed by atoms with Gasteiger partial charge < -0.3 is 14.6 Å². The summed E-state index contributed by atoms with van der Waals surface area (Å²) in [5, 5.41) is 2.72. The lowest BCUT2D eigenvalue weighted by Crippen LogP contribution is -2.34. The van der Waals surface area contributed by atoms with Gasteiger partial charge in [0.15, 0.2) is 0 Å². The van der Waals surface area contributed by atoms with Gasteiger partial charge in [-0.25, -0.2) is 0 Å². The fraction of sp³-hybridized carbons (Fsp3) is 0.368. The minimum Gasteiger partial charge on any atom is -0.375 e. The van der Waals surface area contributed by atoms with Crippen molar-refractivity contribution in [3.63, 3.8) is 0 Å². The molecule has 0 spiro atoms. The molecule has 0 bridgehead atoms. The number of rotatable bonds is 7. The molecule has 5 heteroatoms. The van der Waals surface area contributed by atoms with E-state index in [1.807, 2.05) is 50.2 Å². The van der Waals surface area contributed by atoms with E-state index in [9.17, 15) is 9.59 Å². The second-order valence-corrected chi connectivity index (χ2v) is 5.98. The van der Waals surface area contributed by atoms with E-state index in [0.29, 0.717) is 19.8 Å². The third-order valence-electron chi connectivity index (χ3n) is 3.82. The first-order valence-corrected chi connectivity index (χ1v) is 8.10. The molecule has 0 aliphatic heterocycles. The lowest BCUT2D eigenvalue weighted by atomic mass is 10.1. The van der Waals surface area contributed by atoms with Crippen LogP contribution in [0.4, 0.5) is 0 Å². The second-order valence-electron chi connectivity index (χ2n) is 5.98. The van der Waals surface area contributed by atoms with Gasteiger partial charge in [0.25, 0.3) is 11.5 Å². The van der Waals surface area contributed by atoms with Crippen molar-refractivity contribution in [3.05, 3.63) is 69.6 Å². The largest absolute Gasteiger partial charge is 0.375 e. The molecule has 5 nitrogen and oxygen atoms in total. The topological polar surface area (TPSA) is 60.3 Å². The molecule has 2 rings (SSSR count). The first kappa shape index (κ1) is 17.9. The highest BCUT2D eigenvalue weighted by Crippen LogP contribution is 2.11. The lowest BCUT2D eigenvalue weighted by molar-refractivity contribution is 0.0899. The number of aromatic nitrogens is 1. The molecule has 0 unspecified atom stereocenters. The third-order valence-corrected chi connectivity index (χ3v) is 3.82. The molecule has 0 saturated carbocycles. The average Bonchev–Trinajstić information content (AvgIpc) is 2.57. The molecular weight excluding hydrogens is 304 g/mol. The highest BCUT2D eigenvalue weighted by Gasteiger charge is 2.14. The van der Waals surface area contributed by atoms with Gasteiger partial charge in [0.05, 0.1) is 13.2 Å². The lowest BCUT2D eigenvalue weighted by Gasteiger charge is -2.13. The number of benzene rings is 1. The van der Waals surface area contributed by atoms with Gasteiger partial charge in [-0.1, -0.05) is 44.2 Å². The van der Waals surface area contributed by atoms with Crippen LogP contribution in [-0.4, -0.2) is 23.6 Å². The summed E-state index contributed by atoms with van der Waals surface area (Å²) in [5.41, 5.74) is 1.87. The van der Waals surface area contributed by atoms with E-state index in [-0.39, 0.29) is 22.9 Å². The summed E-state index contributed by atoms with van der Waals surface area (Å²) < 4.78 is 7.05. The summed E-state index contributed by atoms with van der Waals surface area (Å²) in [6.07, 6.45) is 0. The van der Waals surface area contributed by atoms with Crippen molar-refractivity contribution < 1.29 is 9.53 Å². The van der Waals surface area contributed by atoms with Crippen LogP contribution in [0.25, 0.3) is 0 Å². The number of carbonyl (C=O) groups excluding carboxylic acids is 1. The summed E-state index contributed by atoms with van der Waals surface area (Å²) >= 11 is 0. The normalized spacial score (nSPS) is 10.8. The predicted octanol–water partition coefficient (Wildman–Crippen LogP) is 2.46. The molecule has 0 aliphatic carbocycles. The molecule has 0 fully saturated rings. The van der Waals surface area contributed by atoms with Crippen molar-refractivity contribution in [3.8, 4) is 0 Å². The molecule has 128 valence electrons. The van der Waals surface area contributed by atoms with Gasteiger partial charge in [-0.15, -0.1) is 0 Å². The zero-order valence-corrected chi connectivity index (χ0v) is 14.4. The highest BCUT2D eigenvalue weighted by atomic mass is 16.5. The number of nitrogens with one attached hydrogen (secondary N) is 1. The molecule has 1 N–H and O–H groups in total. The van der Waals surface area contributed by atoms with E-state index in [2.05, 4.69) is 5.32 Å². The Morgan fingerprint density at radius 1 is 1.17 bits per heavy atom. The van der Waals surface area contributed by atoms with Crippen LogP contribution in [0.15, 0.2) is 47.3 Å². The van der Waals surface area contributed by atoms with E-state index < -0.39 is 0 Å². The fourth-order valence-corrected chi connectivity index (χ4v) is 2.50. The average molecular weight is 328 g/mol. The van der Waals surface area contributed by atoms with Gasteiger partial charge in [-0.05, 0) is 23.6 Å². The summed E-state index contributed by atoms with van der Waals surface area (Å²) in [4.78, 5) is 24.4. The summed E-state index contributed by atoms with van der Waals surface area (Å²) in [7, 11) is 1.69. The molecule has 2 aromatic rings. The highest BCUT2D eigenvalue weighted by molar-refractivity contribution is 5.93. The van der Waals surface area contributed by atoms with Crippen LogP contribution < -0.4 is 10.9 Å². The van der Waals surface area contributed by atoms with E-state index >= 15 is 0 Å². The Hall–Kier alpha value is -2.40. The first-order valence-electron chi connectivity index (χ1n) is 8.10. The Balaban J connectivity index is 1.85. The Bertz CT molecular complexity index is 736. The van der Waals surface area contributed by atoms with Crippen molar-refractivity contribution in [1.29, 1.82) is 0 Å². The number of amides is 1. The Morgan fingerprint density at radius 3 is 2.54 bits per heavy atom. The Labute approximate surface area is 142 Å². The maximum absolute atomic E-state index is 12.3. The van der Waals surface area contributed by atoms with Crippen LogP contribution in [0, 0.1) is 0 Å². The van der Waals surface area contributed by atoms with Crippen LogP contribution in [-0.2, 0) is 18.4 Å². The molecule has 24 heavy (non-hydrogen) atoms.